The van der Waals surface area contributed by atoms with Crippen LogP contribution in [0.3, 0.4) is 0 Å². The zero-order chi connectivity index (χ0) is 21.7. The van der Waals surface area contributed by atoms with Crippen molar-refractivity contribution in [2.75, 3.05) is 0 Å². The number of hydrogen-bond donors (Lipinski definition) is 0. The Hall–Kier alpha value is 0.0748. The summed E-state index contributed by atoms with van der Waals surface area (Å²) in [5.74, 6) is 1.69. The van der Waals surface area contributed by atoms with Crippen molar-refractivity contribution in [1.82, 2.24) is 14.2 Å². The second-order valence-corrected chi connectivity index (χ2v) is 12.7. The molecule has 1 aliphatic heterocycles. The van der Waals surface area contributed by atoms with E-state index in [9.17, 15) is 0 Å². The molecule has 0 N–H and O–H groups in total. The van der Waals surface area contributed by atoms with E-state index in [1.807, 2.05) is 0 Å². The lowest BCUT2D eigenvalue weighted by molar-refractivity contribution is 0.209. The Labute approximate surface area is 173 Å². The van der Waals surface area contributed by atoms with E-state index < -0.39 is 0 Å². The predicted octanol–water partition coefficient (Wildman–Crippen LogP) is 6.00. The van der Waals surface area contributed by atoms with Crippen LogP contribution in [0.25, 0.3) is 0 Å². The van der Waals surface area contributed by atoms with Crippen LogP contribution < -0.4 is 0 Å². The zero-order valence-electron chi connectivity index (χ0n) is 21.3. The number of hydrogen-bond acceptors (Lipinski definition) is 3. The van der Waals surface area contributed by atoms with E-state index in [0.717, 1.165) is 0 Å². The average Bonchev–Trinajstić information content (AvgIpc) is 2.40. The Morgan fingerprint density at radius 1 is 0.407 bits per heavy atom. The molecule has 0 aromatic heterocycles. The Morgan fingerprint density at radius 3 is 0.630 bits per heavy atom. The van der Waals surface area contributed by atoms with Gasteiger partial charge in [-0.3, -0.25) is 0 Å². The molecule has 1 rings (SSSR count). The van der Waals surface area contributed by atoms with Gasteiger partial charge < -0.3 is 14.2 Å². The monoisotopic (exact) mass is 375 g/mol. The van der Waals surface area contributed by atoms with Gasteiger partial charge in [0.05, 0.1) is 0 Å². The highest BCUT2D eigenvalue weighted by atomic mass is 15.4. The highest BCUT2D eigenvalue weighted by Gasteiger charge is 2.61. The van der Waals surface area contributed by atoms with Gasteiger partial charge in [0.1, 0.15) is 0 Å². The first-order chi connectivity index (χ1) is 11.8. The summed E-state index contributed by atoms with van der Waals surface area (Å²) < 4.78 is 8.49. The van der Waals surface area contributed by atoms with Gasteiger partial charge >= 0.3 is 0 Å². The van der Waals surface area contributed by atoms with Crippen LogP contribution in [-0.2, 0) is 0 Å². The third-order valence-corrected chi connectivity index (χ3v) is 5.82. The second kappa shape index (κ2) is 8.07. The quantitative estimate of drug-likeness (QED) is 0.561. The molecule has 0 aromatic carbocycles. The van der Waals surface area contributed by atoms with Gasteiger partial charge in [-0.05, 0) is 96.4 Å². The summed E-state index contributed by atoms with van der Waals surface area (Å²) >= 11 is 0. The molecule has 0 atom stereocenters. The maximum absolute atomic E-state index is 2.83. The van der Waals surface area contributed by atoms with Crippen LogP contribution in [0, 0.1) is 0 Å². The smallest absolute Gasteiger partial charge is 0.293 e. The fourth-order valence-corrected chi connectivity index (χ4v) is 5.18. The summed E-state index contributed by atoms with van der Waals surface area (Å²) in [4.78, 5) is 0. The minimum atomic E-state index is 0.0961. The molecule has 0 unspecified atom stereocenters. The molecule has 0 aliphatic carbocycles. The van der Waals surface area contributed by atoms with Crippen molar-refractivity contribution in [3.63, 3.8) is 0 Å². The Kier molecular flexibility index (Phi) is 7.50. The molecule has 0 spiro atoms. The van der Waals surface area contributed by atoms with Crippen molar-refractivity contribution >= 4 is 20.9 Å². The van der Waals surface area contributed by atoms with Crippen LogP contribution in [0.2, 0.25) is 17.5 Å². The molecule has 1 saturated heterocycles. The maximum atomic E-state index is 2.83. The van der Waals surface area contributed by atoms with Gasteiger partial charge in [-0.1, -0.05) is 41.5 Å². The van der Waals surface area contributed by atoms with Gasteiger partial charge in [-0.15, -0.1) is 0 Å². The van der Waals surface area contributed by atoms with Crippen molar-refractivity contribution in [3.8, 4) is 0 Å². The van der Waals surface area contributed by atoms with E-state index in [0.29, 0.717) is 38.4 Å². The van der Waals surface area contributed by atoms with E-state index in [4.69, 9.17) is 0 Å². The third kappa shape index (κ3) is 5.17. The van der Waals surface area contributed by atoms with E-state index in [1.54, 1.807) is 0 Å². The van der Waals surface area contributed by atoms with E-state index in [2.05, 4.69) is 118 Å². The van der Waals surface area contributed by atoms with Crippen LogP contribution >= 0.6 is 0 Å². The highest BCUT2D eigenvalue weighted by Crippen LogP contribution is 2.43. The molecular weight excluding hydrogens is 327 g/mol. The molecule has 0 saturated carbocycles. The van der Waals surface area contributed by atoms with Crippen LogP contribution in [-0.4, -0.2) is 51.7 Å². The van der Waals surface area contributed by atoms with E-state index in [-0.39, 0.29) is 16.6 Å². The highest BCUT2D eigenvalue weighted by molar-refractivity contribution is 6.87. The van der Waals surface area contributed by atoms with Crippen LogP contribution in [0.5, 0.6) is 0 Å². The average molecular weight is 375 g/mol. The van der Waals surface area contributed by atoms with Crippen molar-refractivity contribution in [2.45, 2.75) is 138 Å². The van der Waals surface area contributed by atoms with Crippen molar-refractivity contribution in [1.29, 1.82) is 0 Å². The molecule has 0 radical (unpaired) electrons. The number of nitrogens with zero attached hydrogens (tertiary/aromatic N) is 3. The van der Waals surface area contributed by atoms with Gasteiger partial charge in [-0.2, -0.15) is 0 Å². The fourth-order valence-electron chi connectivity index (χ4n) is 5.18. The lowest BCUT2D eigenvalue weighted by Crippen LogP contribution is -2.86. The Morgan fingerprint density at radius 2 is 0.556 bits per heavy atom. The third-order valence-electron chi connectivity index (χ3n) is 5.82. The summed E-state index contributed by atoms with van der Waals surface area (Å²) in [7, 11) is 0. The van der Waals surface area contributed by atoms with Gasteiger partial charge in [0.15, 0.2) is 0 Å². The van der Waals surface area contributed by atoms with Gasteiger partial charge in [0.2, 0.25) is 0 Å². The lowest BCUT2D eigenvalue weighted by atomic mass is 9.32. The number of rotatable bonds is 3. The van der Waals surface area contributed by atoms with Crippen molar-refractivity contribution < 1.29 is 0 Å². The van der Waals surface area contributed by atoms with Crippen molar-refractivity contribution in [3.05, 3.63) is 0 Å². The van der Waals surface area contributed by atoms with Gasteiger partial charge in [-0.25, -0.2) is 0 Å². The molecule has 1 aliphatic rings. The summed E-state index contributed by atoms with van der Waals surface area (Å²) in [6.45, 7) is 37.3. The van der Waals surface area contributed by atoms with Crippen molar-refractivity contribution in [2.24, 2.45) is 0 Å². The topological polar surface area (TPSA) is 9.72 Å². The molecule has 0 bridgehead atoms. The molecule has 0 aromatic rings. The second-order valence-electron chi connectivity index (χ2n) is 12.7. The van der Waals surface area contributed by atoms with Gasteiger partial charge in [0.25, 0.3) is 20.9 Å². The summed E-state index contributed by atoms with van der Waals surface area (Å²) in [6, 6.07) is 0. The van der Waals surface area contributed by atoms with Crippen LogP contribution in [0.15, 0.2) is 0 Å². The first kappa shape index (κ1) is 25.1. The van der Waals surface area contributed by atoms with Gasteiger partial charge in [0, 0.05) is 0 Å². The Balaban J connectivity index is 3.88. The molecule has 6 heteroatoms. The standard InChI is InChI=1S/C21H48B3N3/c1-16(2)22-25(19(7,8)9)23(17(3)4)27(21(13,14)15)24(18(5)6)26(22)20(10,11)12/h16-18H,1-15H3. The van der Waals surface area contributed by atoms with E-state index in [1.165, 1.54) is 0 Å². The maximum Gasteiger partial charge on any atom is 0.293 e. The Bertz CT molecular complexity index is 403. The zero-order valence-corrected chi connectivity index (χ0v) is 21.3. The molecule has 1 fully saturated rings. The lowest BCUT2D eigenvalue weighted by Gasteiger charge is -2.66. The van der Waals surface area contributed by atoms with Crippen LogP contribution in [0.4, 0.5) is 0 Å². The molecule has 1 heterocycles. The predicted molar refractivity (Wildman–Crippen MR) is 127 cm³/mol. The first-order valence-corrected chi connectivity index (χ1v) is 11.2. The van der Waals surface area contributed by atoms with Crippen LogP contribution in [0.1, 0.15) is 104 Å². The molecule has 27 heavy (non-hydrogen) atoms. The summed E-state index contributed by atoms with van der Waals surface area (Å²) in [5, 5.41) is 0. The minimum absolute atomic E-state index is 0.0961. The largest absolute Gasteiger partial charge is 0.352 e. The summed E-state index contributed by atoms with van der Waals surface area (Å²) in [5.41, 5.74) is 0.288. The molecular formula is C21H48B3N3. The summed E-state index contributed by atoms with van der Waals surface area (Å²) in [6.07, 6.45) is 0. The molecule has 3 nitrogen and oxygen atoms in total. The fraction of sp³-hybridized carbons (Fsp3) is 1.00. The normalized spacial score (nSPS) is 20.0. The SMILES string of the molecule is CC(C)B1N(C(C)(C)C)B(C(C)C)N(C(C)(C)C)B(C(C)C)N1C(C)(C)C. The van der Waals surface area contributed by atoms with E-state index >= 15 is 0 Å². The first-order valence-electron chi connectivity index (χ1n) is 11.2. The molecule has 156 valence electrons. The minimum Gasteiger partial charge on any atom is -0.352 e. The molecule has 0 amide bonds.